The maximum absolute atomic E-state index is 14.4. The number of pyridine rings is 1. The Morgan fingerprint density at radius 1 is 1.08 bits per heavy atom. The highest BCUT2D eigenvalue weighted by molar-refractivity contribution is 6.06. The molecule has 1 aromatic carbocycles. The molecule has 48 heavy (non-hydrogen) atoms. The number of hydrogen-bond donors (Lipinski definition) is 3. The molecule has 2 heterocycles. The number of para-hydroxylation sites is 1. The summed E-state index contributed by atoms with van der Waals surface area (Å²) in [7, 11) is 3.52. The van der Waals surface area contributed by atoms with Crippen molar-refractivity contribution in [2.75, 3.05) is 32.6 Å². The van der Waals surface area contributed by atoms with Gasteiger partial charge in [-0.15, -0.1) is 0 Å². The first kappa shape index (κ1) is 30.9. The Morgan fingerprint density at radius 2 is 1.88 bits per heavy atom. The summed E-state index contributed by atoms with van der Waals surface area (Å²) in [5.74, 6) is -0.650. The minimum absolute atomic E-state index is 0.00478. The molecule has 6 aliphatic carbocycles. The van der Waals surface area contributed by atoms with Gasteiger partial charge in [0.2, 0.25) is 5.91 Å². The first-order chi connectivity index (χ1) is 23.2. The van der Waals surface area contributed by atoms with Gasteiger partial charge >= 0.3 is 5.97 Å². The second-order valence-electron chi connectivity index (χ2n) is 15.6. The van der Waals surface area contributed by atoms with Crippen LogP contribution in [0.4, 0.5) is 5.69 Å². The topological polar surface area (TPSA) is 130 Å². The van der Waals surface area contributed by atoms with E-state index in [9.17, 15) is 19.8 Å². The van der Waals surface area contributed by atoms with Crippen LogP contribution in [-0.4, -0.2) is 94.3 Å². The van der Waals surface area contributed by atoms with Crippen LogP contribution < -0.4 is 5.32 Å². The third-order valence-corrected chi connectivity index (χ3v) is 14.3. The Kier molecular flexibility index (Phi) is 6.71. The van der Waals surface area contributed by atoms with E-state index in [1.807, 2.05) is 0 Å². The molecule has 1 spiro atoms. The zero-order chi connectivity index (χ0) is 33.2. The van der Waals surface area contributed by atoms with Crippen LogP contribution in [0.1, 0.15) is 54.9 Å². The van der Waals surface area contributed by atoms with Gasteiger partial charge in [-0.25, -0.2) is 4.79 Å². The maximum Gasteiger partial charge on any atom is 0.340 e. The van der Waals surface area contributed by atoms with Gasteiger partial charge in [-0.05, 0) is 85.9 Å². The number of nitrogens with zero attached hydrogens (tertiary/aromatic N) is 2. The smallest absolute Gasteiger partial charge is 0.340 e. The number of carbonyl (C=O) groups is 2. The van der Waals surface area contributed by atoms with Gasteiger partial charge in [0.25, 0.3) is 0 Å². The van der Waals surface area contributed by atoms with Gasteiger partial charge in [-0.2, -0.15) is 0 Å². The summed E-state index contributed by atoms with van der Waals surface area (Å²) in [5, 5.41) is 28.7. The molecule has 1 aliphatic heterocycles. The molecule has 5 bridgehead atoms. The minimum Gasteiger partial charge on any atom is -0.454 e. The summed E-state index contributed by atoms with van der Waals surface area (Å²) in [5.41, 5.74) is -2.27. The number of benzene rings is 1. The molecule has 6 saturated carbocycles. The first-order valence-corrected chi connectivity index (χ1v) is 17.6. The van der Waals surface area contributed by atoms with Crippen LogP contribution in [-0.2, 0) is 19.0 Å². The zero-order valence-electron chi connectivity index (χ0n) is 27.7. The molecule has 10 heteroatoms. The van der Waals surface area contributed by atoms with Crippen molar-refractivity contribution in [2.24, 2.45) is 40.9 Å². The molecule has 10 nitrogen and oxygen atoms in total. The molecule has 2 aromatic rings. The van der Waals surface area contributed by atoms with E-state index < -0.39 is 28.2 Å². The molecule has 1 amide bonds. The molecule has 3 N–H and O–H groups in total. The van der Waals surface area contributed by atoms with Gasteiger partial charge < -0.3 is 29.7 Å². The Hall–Kier alpha value is -3.15. The maximum atomic E-state index is 14.4. The summed E-state index contributed by atoms with van der Waals surface area (Å²) in [4.78, 5) is 33.8. The summed E-state index contributed by atoms with van der Waals surface area (Å²) < 4.78 is 19.2. The summed E-state index contributed by atoms with van der Waals surface area (Å²) >= 11 is 0. The average molecular weight is 656 g/mol. The van der Waals surface area contributed by atoms with Crippen molar-refractivity contribution in [3.05, 3.63) is 66.0 Å². The fourth-order valence-electron chi connectivity index (χ4n) is 13.0. The number of anilines is 1. The number of rotatable bonds is 8. The number of fused-ring (bicyclic) bond motifs is 2. The van der Waals surface area contributed by atoms with Crippen LogP contribution in [0.5, 0.6) is 0 Å². The number of hydrogen-bond acceptors (Lipinski definition) is 9. The van der Waals surface area contributed by atoms with E-state index in [0.29, 0.717) is 49.4 Å². The largest absolute Gasteiger partial charge is 0.454 e. The van der Waals surface area contributed by atoms with E-state index in [-0.39, 0.29) is 53.7 Å². The number of aromatic nitrogens is 1. The molecule has 0 radical (unpaired) electrons. The molecule has 254 valence electrons. The third kappa shape index (κ3) is 3.68. The van der Waals surface area contributed by atoms with Crippen LogP contribution >= 0.6 is 0 Å². The number of carbonyl (C=O) groups excluding carboxylic acids is 2. The Bertz CT molecular complexity index is 1690. The minimum atomic E-state index is -1.29. The number of aliphatic hydroxyl groups is 2. The van der Waals surface area contributed by atoms with Gasteiger partial charge in [-0.1, -0.05) is 19.1 Å². The lowest BCUT2D eigenvalue weighted by atomic mass is 9.42. The molecule has 13 atom stereocenters. The van der Waals surface area contributed by atoms with Gasteiger partial charge in [0.05, 0.1) is 23.5 Å². The van der Waals surface area contributed by atoms with Gasteiger partial charge in [0.1, 0.15) is 16.8 Å². The lowest BCUT2D eigenvalue weighted by Gasteiger charge is -2.71. The van der Waals surface area contributed by atoms with Crippen molar-refractivity contribution in [1.29, 1.82) is 0 Å². The Morgan fingerprint density at radius 3 is 2.62 bits per heavy atom. The monoisotopic (exact) mass is 655 g/mol. The van der Waals surface area contributed by atoms with Crippen molar-refractivity contribution in [1.82, 2.24) is 9.88 Å². The number of nitrogens with one attached hydrogen (secondary N) is 1. The highest BCUT2D eigenvalue weighted by Crippen LogP contribution is 2.84. The fraction of sp³-hybridized carbons (Fsp3) is 0.605. The fourth-order valence-corrected chi connectivity index (χ4v) is 13.0. The van der Waals surface area contributed by atoms with E-state index >= 15 is 0 Å². The van der Waals surface area contributed by atoms with Gasteiger partial charge in [0, 0.05) is 74.9 Å². The summed E-state index contributed by atoms with van der Waals surface area (Å²) in [6.07, 6.45) is 9.53. The summed E-state index contributed by atoms with van der Waals surface area (Å²) in [6, 6.07) is 10.6. The highest BCUT2D eigenvalue weighted by Gasteiger charge is 2.92. The van der Waals surface area contributed by atoms with Crippen molar-refractivity contribution in [3.8, 4) is 0 Å². The van der Waals surface area contributed by atoms with E-state index in [4.69, 9.17) is 14.2 Å². The molecule has 1 saturated heterocycles. The first-order valence-electron chi connectivity index (χ1n) is 17.6. The van der Waals surface area contributed by atoms with E-state index in [2.05, 4.69) is 22.1 Å². The molecule has 9 rings (SSSR count). The Balaban J connectivity index is 1.08. The second kappa shape index (κ2) is 10.4. The van der Waals surface area contributed by atoms with Crippen molar-refractivity contribution >= 4 is 23.6 Å². The Labute approximate surface area is 280 Å². The predicted molar refractivity (Wildman–Crippen MR) is 175 cm³/mol. The zero-order valence-corrected chi connectivity index (χ0v) is 27.7. The van der Waals surface area contributed by atoms with Crippen molar-refractivity contribution < 1.29 is 34.0 Å². The number of likely N-dealkylation sites (N-methyl/N-ethyl adjacent to an activating group) is 1. The van der Waals surface area contributed by atoms with Gasteiger partial charge in [-0.3, -0.25) is 14.7 Å². The molecule has 7 fully saturated rings. The van der Waals surface area contributed by atoms with Crippen LogP contribution in [0.15, 0.2) is 54.9 Å². The number of likely N-dealkylation sites (tertiary alicyclic amines) is 1. The summed E-state index contributed by atoms with van der Waals surface area (Å²) in [6.45, 7) is 3.43. The molecule has 2 unspecified atom stereocenters. The third-order valence-electron chi connectivity index (χ3n) is 14.3. The normalized spacial score (nSPS) is 45.9. The van der Waals surface area contributed by atoms with Crippen LogP contribution in [0.2, 0.25) is 0 Å². The van der Waals surface area contributed by atoms with E-state index in [1.54, 1.807) is 69.1 Å². The van der Waals surface area contributed by atoms with Crippen molar-refractivity contribution in [2.45, 2.75) is 74.1 Å². The molecule has 7 aliphatic rings. The lowest BCUT2D eigenvalue weighted by molar-refractivity contribution is -0.333. The van der Waals surface area contributed by atoms with Crippen LogP contribution in [0.25, 0.3) is 6.08 Å². The molecule has 1 aromatic heterocycles. The van der Waals surface area contributed by atoms with Crippen molar-refractivity contribution in [3.63, 3.8) is 0 Å². The van der Waals surface area contributed by atoms with E-state index in [1.165, 1.54) is 6.08 Å². The highest BCUT2D eigenvalue weighted by atomic mass is 16.6. The SMILES string of the molecule is CCN1C[C@]2(OC(=O)c3ccccc3NC(=O)/C=C/c3ccncc3)CC[C@H](OC)[C@]34C1[C@@H](C[C@H]23)[C@@]1(O)C[C@H](OC)C2[C@H]3C[C@@H]4[C@]1(O)[C@@H]23. The molecular formula is C38H45N3O7. The van der Waals surface area contributed by atoms with Crippen LogP contribution in [0, 0.1) is 40.9 Å². The lowest BCUT2D eigenvalue weighted by Crippen LogP contribution is -2.82. The number of piperidine rings is 1. The van der Waals surface area contributed by atoms with Crippen LogP contribution in [0.3, 0.4) is 0 Å². The van der Waals surface area contributed by atoms with Gasteiger partial charge in [0.15, 0.2) is 0 Å². The standard InChI is InChI=1S/C38H45N3O7/c1-4-41-20-35(48-34(43)22-7-5-6-8-25(22)40-30(42)10-9-21-12-15-39-16-13-21)14-11-29(47-3)37-27(35)18-24(33(37)41)36(44)19-26(46-2)31-23-17-28(37)38(36,45)32(23)31/h5-10,12-13,15-16,23-24,26-29,31-33,44-45H,4,11,14,17-20H2,1-3H3,(H,40,42)/b10-9+/t23-,24-,26+,27-,28+,29+,31?,32-,33?,35-,36+,37+,38+/m1/s1. The second-order valence-corrected chi connectivity index (χ2v) is 15.6. The number of methoxy groups -OCH3 is 2. The quantitative estimate of drug-likeness (QED) is 0.289. The molecular weight excluding hydrogens is 610 g/mol. The predicted octanol–water partition coefficient (Wildman–Crippen LogP) is 3.54. The number of amides is 1. The number of ether oxygens (including phenoxy) is 3. The van der Waals surface area contributed by atoms with E-state index in [0.717, 1.165) is 18.5 Å². The number of esters is 1. The average Bonchev–Trinajstić information content (AvgIpc) is 3.64.